The molecular weight excluding hydrogens is 314 g/mol. The van der Waals surface area contributed by atoms with Crippen LogP contribution in [0.25, 0.3) is 0 Å². The third kappa shape index (κ3) is 4.10. The molecule has 1 N–H and O–H groups in total. The Balaban J connectivity index is 2.24. The van der Waals surface area contributed by atoms with Crippen LogP contribution >= 0.6 is 0 Å². The molecule has 0 fully saturated rings. The highest BCUT2D eigenvalue weighted by Gasteiger charge is 2.19. The Labute approximate surface area is 136 Å². The minimum Gasteiger partial charge on any atom is -0.379 e. The number of hydrogen-bond acceptors (Lipinski definition) is 4. The summed E-state index contributed by atoms with van der Waals surface area (Å²) in [6.07, 6.45) is 0. The van der Waals surface area contributed by atoms with E-state index < -0.39 is 10.1 Å². The van der Waals surface area contributed by atoms with Crippen molar-refractivity contribution < 1.29 is 17.4 Å². The summed E-state index contributed by atoms with van der Waals surface area (Å²) in [5.41, 5.74) is 1.90. The molecule has 0 aliphatic carbocycles. The molecule has 0 aromatic heterocycles. The highest BCUT2D eigenvalue weighted by atomic mass is 32.2. The van der Waals surface area contributed by atoms with Crippen LogP contribution in [0.15, 0.2) is 47.4 Å². The van der Waals surface area contributed by atoms with Crippen molar-refractivity contribution in [2.24, 2.45) is 0 Å². The molecule has 1 amide bonds. The number of aryl methyl sites for hydroxylation is 2. The standard InChI is InChI=1S/C17H19NO4S/c1-4-18-17(19)14-7-9-15(10-8-14)22-23(20,21)16-11-12(2)5-6-13(16)3/h5-11H,4H2,1-3H3,(H,18,19). The molecule has 0 unspecified atom stereocenters. The zero-order chi connectivity index (χ0) is 17.0. The third-order valence-corrected chi connectivity index (χ3v) is 4.66. The predicted octanol–water partition coefficient (Wildman–Crippen LogP) is 2.82. The van der Waals surface area contributed by atoms with Gasteiger partial charge < -0.3 is 9.50 Å². The van der Waals surface area contributed by atoms with Crippen LogP contribution in [0.1, 0.15) is 28.4 Å². The minimum atomic E-state index is -3.91. The van der Waals surface area contributed by atoms with E-state index in [0.29, 0.717) is 17.7 Å². The van der Waals surface area contributed by atoms with Gasteiger partial charge in [-0.2, -0.15) is 8.42 Å². The predicted molar refractivity (Wildman–Crippen MR) is 88.2 cm³/mol. The molecule has 0 heterocycles. The largest absolute Gasteiger partial charge is 0.379 e. The lowest BCUT2D eigenvalue weighted by atomic mass is 10.2. The summed E-state index contributed by atoms with van der Waals surface area (Å²) in [5, 5.41) is 2.67. The summed E-state index contributed by atoms with van der Waals surface area (Å²) >= 11 is 0. The first-order chi connectivity index (χ1) is 10.8. The molecule has 5 nitrogen and oxygen atoms in total. The molecule has 0 spiro atoms. The Morgan fingerprint density at radius 1 is 1.09 bits per heavy atom. The van der Waals surface area contributed by atoms with Crippen molar-refractivity contribution in [3.63, 3.8) is 0 Å². The highest BCUT2D eigenvalue weighted by molar-refractivity contribution is 7.87. The van der Waals surface area contributed by atoms with E-state index >= 15 is 0 Å². The van der Waals surface area contributed by atoms with Gasteiger partial charge in [-0.05, 0) is 62.2 Å². The number of carbonyl (C=O) groups excluding carboxylic acids is 1. The fraction of sp³-hybridized carbons (Fsp3) is 0.235. The molecule has 0 aliphatic rings. The Hall–Kier alpha value is -2.34. The second-order valence-corrected chi connectivity index (χ2v) is 6.70. The first-order valence-electron chi connectivity index (χ1n) is 7.23. The lowest BCUT2D eigenvalue weighted by molar-refractivity contribution is 0.0956. The van der Waals surface area contributed by atoms with Gasteiger partial charge in [-0.3, -0.25) is 4.79 Å². The fourth-order valence-corrected chi connectivity index (χ4v) is 3.32. The van der Waals surface area contributed by atoms with Gasteiger partial charge in [-0.1, -0.05) is 12.1 Å². The summed E-state index contributed by atoms with van der Waals surface area (Å²) in [6, 6.07) is 11.1. The van der Waals surface area contributed by atoms with Crippen LogP contribution < -0.4 is 9.50 Å². The van der Waals surface area contributed by atoms with Gasteiger partial charge in [-0.15, -0.1) is 0 Å². The zero-order valence-electron chi connectivity index (χ0n) is 13.3. The molecule has 0 atom stereocenters. The van der Waals surface area contributed by atoms with Crippen LogP contribution in [-0.4, -0.2) is 20.9 Å². The lowest BCUT2D eigenvalue weighted by Crippen LogP contribution is -2.22. The van der Waals surface area contributed by atoms with E-state index in [1.54, 1.807) is 19.1 Å². The van der Waals surface area contributed by atoms with E-state index in [1.807, 2.05) is 19.9 Å². The molecular formula is C17H19NO4S. The molecule has 122 valence electrons. The normalized spacial score (nSPS) is 11.1. The van der Waals surface area contributed by atoms with E-state index in [9.17, 15) is 13.2 Å². The van der Waals surface area contributed by atoms with Gasteiger partial charge in [0.25, 0.3) is 5.91 Å². The minimum absolute atomic E-state index is 0.144. The van der Waals surface area contributed by atoms with E-state index in [0.717, 1.165) is 5.56 Å². The van der Waals surface area contributed by atoms with Crippen molar-refractivity contribution in [1.29, 1.82) is 0 Å². The van der Waals surface area contributed by atoms with Gasteiger partial charge in [0, 0.05) is 12.1 Å². The fourth-order valence-electron chi connectivity index (χ4n) is 2.07. The monoisotopic (exact) mass is 333 g/mol. The maximum atomic E-state index is 12.4. The van der Waals surface area contributed by atoms with Crippen LogP contribution in [-0.2, 0) is 10.1 Å². The van der Waals surface area contributed by atoms with E-state index in [-0.39, 0.29) is 16.6 Å². The van der Waals surface area contributed by atoms with E-state index in [4.69, 9.17) is 4.18 Å². The van der Waals surface area contributed by atoms with Gasteiger partial charge in [0.05, 0.1) is 0 Å². The number of amides is 1. The maximum absolute atomic E-state index is 12.4. The van der Waals surface area contributed by atoms with Crippen LogP contribution in [0.5, 0.6) is 5.75 Å². The van der Waals surface area contributed by atoms with E-state index in [1.165, 1.54) is 24.3 Å². The average Bonchev–Trinajstić information content (AvgIpc) is 2.50. The molecule has 0 radical (unpaired) electrons. The smallest absolute Gasteiger partial charge is 0.339 e. The molecule has 23 heavy (non-hydrogen) atoms. The Kier molecular flexibility index (Phi) is 5.05. The van der Waals surface area contributed by atoms with Crippen molar-refractivity contribution in [2.45, 2.75) is 25.7 Å². The zero-order valence-corrected chi connectivity index (χ0v) is 14.1. The second kappa shape index (κ2) is 6.83. The third-order valence-electron chi connectivity index (χ3n) is 3.27. The lowest BCUT2D eigenvalue weighted by Gasteiger charge is -2.10. The number of nitrogens with one attached hydrogen (secondary N) is 1. The van der Waals surface area contributed by atoms with Gasteiger partial charge >= 0.3 is 10.1 Å². The molecule has 6 heteroatoms. The molecule has 2 rings (SSSR count). The number of rotatable bonds is 5. The number of benzene rings is 2. The Bertz CT molecular complexity index is 811. The second-order valence-electron chi connectivity index (χ2n) is 5.19. The van der Waals surface area contributed by atoms with Crippen molar-refractivity contribution in [3.05, 3.63) is 59.2 Å². The summed E-state index contributed by atoms with van der Waals surface area (Å²) in [5.74, 6) is -0.0459. The van der Waals surface area contributed by atoms with Gasteiger partial charge in [-0.25, -0.2) is 0 Å². The van der Waals surface area contributed by atoms with Gasteiger partial charge in [0.1, 0.15) is 10.6 Å². The molecule has 2 aromatic rings. The topological polar surface area (TPSA) is 72.5 Å². The highest BCUT2D eigenvalue weighted by Crippen LogP contribution is 2.22. The summed E-state index contributed by atoms with van der Waals surface area (Å²) in [6.45, 7) is 5.89. The Morgan fingerprint density at radius 2 is 1.74 bits per heavy atom. The molecule has 0 saturated heterocycles. The van der Waals surface area contributed by atoms with Crippen molar-refractivity contribution >= 4 is 16.0 Å². The summed E-state index contributed by atoms with van der Waals surface area (Å²) in [4.78, 5) is 11.8. The average molecular weight is 333 g/mol. The quantitative estimate of drug-likeness (QED) is 0.854. The summed E-state index contributed by atoms with van der Waals surface area (Å²) < 4.78 is 29.9. The van der Waals surface area contributed by atoms with Gasteiger partial charge in [0.15, 0.2) is 0 Å². The SMILES string of the molecule is CCNC(=O)c1ccc(OS(=O)(=O)c2cc(C)ccc2C)cc1. The van der Waals surface area contributed by atoms with Crippen LogP contribution in [0.2, 0.25) is 0 Å². The van der Waals surface area contributed by atoms with Crippen molar-refractivity contribution in [3.8, 4) is 5.75 Å². The molecule has 0 bridgehead atoms. The first kappa shape index (κ1) is 17.0. The maximum Gasteiger partial charge on any atom is 0.339 e. The number of carbonyl (C=O) groups is 1. The first-order valence-corrected chi connectivity index (χ1v) is 8.64. The van der Waals surface area contributed by atoms with Crippen LogP contribution in [0.3, 0.4) is 0 Å². The molecule has 2 aromatic carbocycles. The van der Waals surface area contributed by atoms with E-state index in [2.05, 4.69) is 5.32 Å². The molecule has 0 saturated carbocycles. The van der Waals surface area contributed by atoms with Gasteiger partial charge in [0.2, 0.25) is 0 Å². The summed E-state index contributed by atoms with van der Waals surface area (Å²) in [7, 11) is -3.91. The number of hydrogen-bond donors (Lipinski definition) is 1. The van der Waals surface area contributed by atoms with Crippen molar-refractivity contribution in [2.75, 3.05) is 6.54 Å². The van der Waals surface area contributed by atoms with Crippen LogP contribution in [0.4, 0.5) is 0 Å². The Morgan fingerprint density at radius 3 is 2.35 bits per heavy atom. The van der Waals surface area contributed by atoms with Crippen LogP contribution in [0, 0.1) is 13.8 Å². The molecule has 0 aliphatic heterocycles. The van der Waals surface area contributed by atoms with Crippen molar-refractivity contribution in [1.82, 2.24) is 5.32 Å².